The van der Waals surface area contributed by atoms with Crippen molar-refractivity contribution in [3.8, 4) is 0 Å². The lowest BCUT2D eigenvalue weighted by molar-refractivity contribution is 0.0743. The van der Waals surface area contributed by atoms with E-state index in [1.54, 1.807) is 42.5 Å². The highest BCUT2D eigenvalue weighted by Crippen LogP contribution is 2.27. The van der Waals surface area contributed by atoms with Gasteiger partial charge in [0.05, 0.1) is 22.3 Å². The van der Waals surface area contributed by atoms with Gasteiger partial charge >= 0.3 is 0 Å². The summed E-state index contributed by atoms with van der Waals surface area (Å²) in [6.07, 6.45) is 3.41. The van der Waals surface area contributed by atoms with Gasteiger partial charge in [-0.3, -0.25) is 9.78 Å². The molecule has 1 atom stereocenters. The number of hydrogen-bond acceptors (Lipinski definition) is 3. The SMILES string of the molecule is CC(c1ccncc1)N(C)C(=O)c1cccc(N)c1Cl. The number of nitrogens with two attached hydrogens (primary N) is 1. The van der Waals surface area contributed by atoms with Crippen LogP contribution in [0.25, 0.3) is 0 Å². The molecule has 0 saturated carbocycles. The van der Waals surface area contributed by atoms with Crippen LogP contribution in [0.4, 0.5) is 5.69 Å². The summed E-state index contributed by atoms with van der Waals surface area (Å²) in [6.45, 7) is 1.95. The van der Waals surface area contributed by atoms with E-state index in [9.17, 15) is 4.79 Å². The minimum atomic E-state index is -0.161. The molecule has 5 heteroatoms. The predicted octanol–water partition coefficient (Wildman–Crippen LogP) is 3.15. The molecule has 0 aliphatic heterocycles. The molecule has 0 bridgehead atoms. The highest BCUT2D eigenvalue weighted by molar-refractivity contribution is 6.36. The maximum atomic E-state index is 12.5. The molecule has 1 heterocycles. The second-order valence-corrected chi connectivity index (χ2v) is 4.96. The molecule has 0 aliphatic carbocycles. The Morgan fingerprint density at radius 1 is 1.30 bits per heavy atom. The van der Waals surface area contributed by atoms with Crippen LogP contribution in [-0.2, 0) is 0 Å². The summed E-state index contributed by atoms with van der Waals surface area (Å²) in [5.74, 6) is -0.161. The maximum absolute atomic E-state index is 12.5. The third kappa shape index (κ3) is 2.75. The van der Waals surface area contributed by atoms with Gasteiger partial charge in [-0.25, -0.2) is 0 Å². The smallest absolute Gasteiger partial charge is 0.255 e. The van der Waals surface area contributed by atoms with E-state index in [2.05, 4.69) is 4.98 Å². The molecule has 0 aliphatic rings. The number of nitrogens with zero attached hydrogens (tertiary/aromatic N) is 2. The first kappa shape index (κ1) is 14.3. The Morgan fingerprint density at radius 2 is 1.95 bits per heavy atom. The average Bonchev–Trinajstić information content (AvgIpc) is 2.48. The molecule has 1 aromatic heterocycles. The van der Waals surface area contributed by atoms with Crippen molar-refractivity contribution in [1.82, 2.24) is 9.88 Å². The molecule has 1 amide bonds. The fraction of sp³-hybridized carbons (Fsp3) is 0.200. The molecule has 1 unspecified atom stereocenters. The molecule has 20 heavy (non-hydrogen) atoms. The highest BCUT2D eigenvalue weighted by Gasteiger charge is 2.21. The molecule has 4 nitrogen and oxygen atoms in total. The van der Waals surface area contributed by atoms with Crippen LogP contribution in [0.2, 0.25) is 5.02 Å². The molecular formula is C15H16ClN3O. The Balaban J connectivity index is 2.27. The summed E-state index contributed by atoms with van der Waals surface area (Å²) in [6, 6.07) is 8.76. The number of carbonyl (C=O) groups excluding carboxylic acids is 1. The molecule has 0 radical (unpaired) electrons. The fourth-order valence-corrected chi connectivity index (χ4v) is 2.15. The van der Waals surface area contributed by atoms with E-state index < -0.39 is 0 Å². The first-order chi connectivity index (χ1) is 9.52. The lowest BCUT2D eigenvalue weighted by Crippen LogP contribution is -2.30. The summed E-state index contributed by atoms with van der Waals surface area (Å²) in [5, 5.41) is 0.297. The van der Waals surface area contributed by atoms with Crippen LogP contribution in [0.1, 0.15) is 28.9 Å². The van der Waals surface area contributed by atoms with Crippen LogP contribution in [0.3, 0.4) is 0 Å². The summed E-state index contributed by atoms with van der Waals surface area (Å²) < 4.78 is 0. The second-order valence-electron chi connectivity index (χ2n) is 4.58. The number of carbonyl (C=O) groups is 1. The van der Waals surface area contributed by atoms with Gasteiger partial charge in [0, 0.05) is 19.4 Å². The molecule has 104 valence electrons. The van der Waals surface area contributed by atoms with Gasteiger partial charge in [0.2, 0.25) is 0 Å². The molecule has 0 fully saturated rings. The van der Waals surface area contributed by atoms with Crippen molar-refractivity contribution in [2.24, 2.45) is 0 Å². The van der Waals surface area contributed by atoms with E-state index in [4.69, 9.17) is 17.3 Å². The van der Waals surface area contributed by atoms with Crippen LogP contribution in [0, 0.1) is 0 Å². The normalized spacial score (nSPS) is 11.9. The van der Waals surface area contributed by atoms with Gasteiger partial charge in [-0.1, -0.05) is 17.7 Å². The predicted molar refractivity (Wildman–Crippen MR) is 80.6 cm³/mol. The molecule has 0 spiro atoms. The van der Waals surface area contributed by atoms with Crippen LogP contribution in [0.15, 0.2) is 42.7 Å². The van der Waals surface area contributed by atoms with Crippen molar-refractivity contribution in [2.75, 3.05) is 12.8 Å². The quantitative estimate of drug-likeness (QED) is 0.883. The van der Waals surface area contributed by atoms with Gasteiger partial charge in [-0.15, -0.1) is 0 Å². The van der Waals surface area contributed by atoms with Crippen molar-refractivity contribution in [3.05, 3.63) is 58.9 Å². The van der Waals surface area contributed by atoms with E-state index in [0.29, 0.717) is 16.3 Å². The third-order valence-electron chi connectivity index (χ3n) is 3.35. The van der Waals surface area contributed by atoms with Gasteiger partial charge in [0.1, 0.15) is 0 Å². The summed E-state index contributed by atoms with van der Waals surface area (Å²) in [5.41, 5.74) is 7.56. The summed E-state index contributed by atoms with van der Waals surface area (Å²) in [7, 11) is 1.74. The largest absolute Gasteiger partial charge is 0.398 e. The molecule has 1 aromatic carbocycles. The minimum Gasteiger partial charge on any atom is -0.398 e. The van der Waals surface area contributed by atoms with Crippen LogP contribution >= 0.6 is 11.6 Å². The molecule has 0 saturated heterocycles. The molecule has 2 rings (SSSR count). The van der Waals surface area contributed by atoms with Crippen molar-refractivity contribution in [2.45, 2.75) is 13.0 Å². The zero-order valence-electron chi connectivity index (χ0n) is 11.4. The molecule has 2 aromatic rings. The summed E-state index contributed by atoms with van der Waals surface area (Å²) in [4.78, 5) is 18.1. The number of aromatic nitrogens is 1. The highest BCUT2D eigenvalue weighted by atomic mass is 35.5. The zero-order valence-corrected chi connectivity index (χ0v) is 12.1. The van der Waals surface area contributed by atoms with Gasteiger partial charge in [-0.05, 0) is 36.8 Å². The number of benzene rings is 1. The van der Waals surface area contributed by atoms with E-state index in [1.807, 2.05) is 19.1 Å². The number of nitrogen functional groups attached to an aromatic ring is 1. The number of anilines is 1. The Hall–Kier alpha value is -2.07. The van der Waals surface area contributed by atoms with Crippen molar-refractivity contribution >= 4 is 23.2 Å². The van der Waals surface area contributed by atoms with Crippen molar-refractivity contribution in [1.29, 1.82) is 0 Å². The lowest BCUT2D eigenvalue weighted by Gasteiger charge is -2.25. The number of hydrogen-bond donors (Lipinski definition) is 1. The van der Waals surface area contributed by atoms with Gasteiger partial charge < -0.3 is 10.6 Å². The van der Waals surface area contributed by atoms with E-state index in [1.165, 1.54) is 0 Å². The van der Waals surface area contributed by atoms with E-state index >= 15 is 0 Å². The number of pyridine rings is 1. The maximum Gasteiger partial charge on any atom is 0.255 e. The average molecular weight is 290 g/mol. The van der Waals surface area contributed by atoms with E-state index in [-0.39, 0.29) is 11.9 Å². The topological polar surface area (TPSA) is 59.2 Å². The Labute approximate surface area is 123 Å². The first-order valence-corrected chi connectivity index (χ1v) is 6.61. The van der Waals surface area contributed by atoms with Crippen molar-refractivity contribution < 1.29 is 4.79 Å². The summed E-state index contributed by atoms with van der Waals surface area (Å²) >= 11 is 6.10. The Kier molecular flexibility index (Phi) is 4.25. The third-order valence-corrected chi connectivity index (χ3v) is 3.77. The lowest BCUT2D eigenvalue weighted by atomic mass is 10.1. The fourth-order valence-electron chi connectivity index (χ4n) is 1.95. The van der Waals surface area contributed by atoms with Gasteiger partial charge in [-0.2, -0.15) is 0 Å². The van der Waals surface area contributed by atoms with Crippen LogP contribution in [0.5, 0.6) is 0 Å². The zero-order chi connectivity index (χ0) is 14.7. The Bertz CT molecular complexity index is 616. The van der Waals surface area contributed by atoms with Crippen LogP contribution in [-0.4, -0.2) is 22.8 Å². The number of amides is 1. The molecular weight excluding hydrogens is 274 g/mol. The van der Waals surface area contributed by atoms with Crippen LogP contribution < -0.4 is 5.73 Å². The van der Waals surface area contributed by atoms with Gasteiger partial charge in [0.15, 0.2) is 0 Å². The molecule has 2 N–H and O–H groups in total. The van der Waals surface area contributed by atoms with Crippen molar-refractivity contribution in [3.63, 3.8) is 0 Å². The minimum absolute atomic E-state index is 0.0806. The standard InChI is InChI=1S/C15H16ClN3O/c1-10(11-6-8-18-9-7-11)19(2)15(20)12-4-3-5-13(17)14(12)16/h3-10H,17H2,1-2H3. The monoisotopic (exact) mass is 289 g/mol. The second kappa shape index (κ2) is 5.92. The number of halogens is 1. The van der Waals surface area contributed by atoms with E-state index in [0.717, 1.165) is 5.56 Å². The first-order valence-electron chi connectivity index (χ1n) is 6.23. The number of rotatable bonds is 3. The Morgan fingerprint density at radius 3 is 2.60 bits per heavy atom. The van der Waals surface area contributed by atoms with Gasteiger partial charge in [0.25, 0.3) is 5.91 Å².